The molecule has 0 bridgehead atoms. The van der Waals surface area contributed by atoms with E-state index in [2.05, 4.69) is 20.9 Å². The van der Waals surface area contributed by atoms with E-state index in [1.54, 1.807) is 26.3 Å². The van der Waals surface area contributed by atoms with E-state index in [9.17, 15) is 4.79 Å². The van der Waals surface area contributed by atoms with Gasteiger partial charge in [0.2, 0.25) is 0 Å². The van der Waals surface area contributed by atoms with Gasteiger partial charge >= 0.3 is 0 Å². The second-order valence-corrected chi connectivity index (χ2v) is 7.10. The maximum Gasteiger partial charge on any atom is 0.291 e. The van der Waals surface area contributed by atoms with Gasteiger partial charge in [0.05, 0.1) is 13.4 Å². The highest BCUT2D eigenvalue weighted by molar-refractivity contribution is 14.0. The minimum Gasteiger partial charge on any atom is -0.497 e. The van der Waals surface area contributed by atoms with Gasteiger partial charge in [0.25, 0.3) is 5.91 Å². The van der Waals surface area contributed by atoms with Gasteiger partial charge in [-0.25, -0.2) is 0 Å². The molecule has 0 aliphatic carbocycles. The van der Waals surface area contributed by atoms with Crippen LogP contribution >= 0.6 is 35.6 Å². The Kier molecular flexibility index (Phi) is 10.4. The number of guanidine groups is 1. The Hall–Kier alpha value is -2.72. The number of carbonyl (C=O) groups excluding carboxylic acids is 1. The van der Waals surface area contributed by atoms with E-state index < -0.39 is 0 Å². The smallest absolute Gasteiger partial charge is 0.291 e. The first-order valence-corrected chi connectivity index (χ1v) is 10.2. The summed E-state index contributed by atoms with van der Waals surface area (Å²) in [6, 6.07) is 16.5. The average Bonchev–Trinajstić information content (AvgIpc) is 3.33. The number of furan rings is 1. The minimum absolute atomic E-state index is 0. The van der Waals surface area contributed by atoms with Crippen LogP contribution < -0.4 is 20.7 Å². The average molecular weight is 569 g/mol. The van der Waals surface area contributed by atoms with Gasteiger partial charge in [-0.1, -0.05) is 29.8 Å². The van der Waals surface area contributed by atoms with Crippen molar-refractivity contribution in [3.05, 3.63) is 82.8 Å². The lowest BCUT2D eigenvalue weighted by molar-refractivity contribution is 0.0996. The summed E-state index contributed by atoms with van der Waals surface area (Å²) < 4.78 is 10.3. The third kappa shape index (κ3) is 7.45. The SMILES string of the molecule is CN=C(NCCc1ccc(OC)cc1Cl)NCc1ccc(NC(=O)c2ccco2)cc1.I. The summed E-state index contributed by atoms with van der Waals surface area (Å²) in [6.45, 7) is 1.28. The van der Waals surface area contributed by atoms with Crippen molar-refractivity contribution in [2.75, 3.05) is 26.0 Å². The lowest BCUT2D eigenvalue weighted by Gasteiger charge is -2.13. The molecule has 0 unspecified atom stereocenters. The Morgan fingerprint density at radius 2 is 1.91 bits per heavy atom. The van der Waals surface area contributed by atoms with Crippen molar-refractivity contribution in [2.45, 2.75) is 13.0 Å². The fourth-order valence-electron chi connectivity index (χ4n) is 2.89. The Labute approximate surface area is 209 Å². The summed E-state index contributed by atoms with van der Waals surface area (Å²) in [4.78, 5) is 16.3. The highest BCUT2D eigenvalue weighted by atomic mass is 127. The van der Waals surface area contributed by atoms with E-state index in [0.29, 0.717) is 29.8 Å². The predicted octanol–water partition coefficient (Wildman–Crippen LogP) is 4.72. The lowest BCUT2D eigenvalue weighted by atomic mass is 10.1. The highest BCUT2D eigenvalue weighted by Crippen LogP contribution is 2.22. The number of ether oxygens (including phenoxy) is 1. The van der Waals surface area contributed by atoms with Gasteiger partial charge in [0.1, 0.15) is 5.75 Å². The van der Waals surface area contributed by atoms with Crippen molar-refractivity contribution in [3.8, 4) is 5.75 Å². The summed E-state index contributed by atoms with van der Waals surface area (Å²) in [7, 11) is 3.34. The first kappa shape index (κ1) is 25.5. The van der Waals surface area contributed by atoms with E-state index in [-0.39, 0.29) is 35.6 Å². The van der Waals surface area contributed by atoms with Crippen LogP contribution in [0.5, 0.6) is 5.75 Å². The molecule has 7 nitrogen and oxygen atoms in total. The van der Waals surface area contributed by atoms with Gasteiger partial charge < -0.3 is 25.1 Å². The standard InChI is InChI=1S/C23H25ClN4O3.HI/c1-25-23(26-12-11-17-7-10-19(30-2)14-20(17)24)27-15-16-5-8-18(9-6-16)28-22(29)21-4-3-13-31-21;/h3-10,13-14H,11-12,15H2,1-2H3,(H,28,29)(H2,25,26,27);1H. The zero-order valence-electron chi connectivity index (χ0n) is 17.9. The van der Waals surface area contributed by atoms with Gasteiger partial charge in [-0.3, -0.25) is 9.79 Å². The van der Waals surface area contributed by atoms with E-state index in [4.69, 9.17) is 20.8 Å². The van der Waals surface area contributed by atoms with Gasteiger partial charge in [-0.05, 0) is 53.9 Å². The van der Waals surface area contributed by atoms with Crippen molar-refractivity contribution < 1.29 is 13.9 Å². The number of halogens is 2. The maximum atomic E-state index is 12.0. The highest BCUT2D eigenvalue weighted by Gasteiger charge is 2.08. The molecule has 0 saturated heterocycles. The zero-order chi connectivity index (χ0) is 22.1. The second kappa shape index (κ2) is 13.0. The van der Waals surface area contributed by atoms with E-state index in [1.807, 2.05) is 42.5 Å². The zero-order valence-corrected chi connectivity index (χ0v) is 20.9. The first-order valence-electron chi connectivity index (χ1n) is 9.80. The quantitative estimate of drug-likeness (QED) is 0.208. The number of carbonyl (C=O) groups is 1. The Balaban J connectivity index is 0.00000363. The molecule has 1 amide bonds. The van der Waals surface area contributed by atoms with Crippen molar-refractivity contribution in [3.63, 3.8) is 0 Å². The normalized spacial score (nSPS) is 10.8. The number of anilines is 1. The number of amides is 1. The Bertz CT molecular complexity index is 1020. The Morgan fingerprint density at radius 1 is 1.12 bits per heavy atom. The number of aliphatic imine (C=N–C) groups is 1. The third-order valence-electron chi connectivity index (χ3n) is 4.59. The number of nitrogens with zero attached hydrogens (tertiary/aromatic N) is 1. The fourth-order valence-corrected chi connectivity index (χ4v) is 3.15. The number of hydrogen-bond donors (Lipinski definition) is 3. The van der Waals surface area contributed by atoms with E-state index in [0.717, 1.165) is 23.3 Å². The van der Waals surface area contributed by atoms with Crippen LogP contribution in [-0.2, 0) is 13.0 Å². The second-order valence-electron chi connectivity index (χ2n) is 6.69. The van der Waals surface area contributed by atoms with Crippen molar-refractivity contribution in [1.82, 2.24) is 10.6 Å². The van der Waals surface area contributed by atoms with Gasteiger partial charge in [-0.2, -0.15) is 0 Å². The van der Waals surface area contributed by atoms with Gasteiger partial charge in [-0.15, -0.1) is 24.0 Å². The molecular formula is C23H26ClIN4O3. The summed E-state index contributed by atoms with van der Waals surface area (Å²) in [6.07, 6.45) is 2.23. The molecule has 2 aromatic carbocycles. The van der Waals surface area contributed by atoms with Crippen LogP contribution in [0.25, 0.3) is 0 Å². The third-order valence-corrected chi connectivity index (χ3v) is 4.94. The molecule has 32 heavy (non-hydrogen) atoms. The molecule has 0 radical (unpaired) electrons. The molecule has 3 aromatic rings. The molecule has 3 N–H and O–H groups in total. The molecule has 0 aliphatic heterocycles. The van der Waals surface area contributed by atoms with Gasteiger partial charge in [0, 0.05) is 30.8 Å². The molecule has 170 valence electrons. The number of benzene rings is 2. The summed E-state index contributed by atoms with van der Waals surface area (Å²) in [5, 5.41) is 10.0. The van der Waals surface area contributed by atoms with Crippen LogP contribution in [0.2, 0.25) is 5.02 Å². The number of methoxy groups -OCH3 is 1. The van der Waals surface area contributed by atoms with Crippen molar-refractivity contribution in [1.29, 1.82) is 0 Å². The molecule has 1 heterocycles. The lowest BCUT2D eigenvalue weighted by Crippen LogP contribution is -2.37. The van der Waals surface area contributed by atoms with Crippen molar-refractivity contribution in [2.24, 2.45) is 4.99 Å². The fraction of sp³-hybridized carbons (Fsp3) is 0.217. The summed E-state index contributed by atoms with van der Waals surface area (Å²) in [5.41, 5.74) is 2.79. The van der Waals surface area contributed by atoms with Crippen LogP contribution in [0.3, 0.4) is 0 Å². The van der Waals surface area contributed by atoms with Crippen LogP contribution in [0.4, 0.5) is 5.69 Å². The summed E-state index contributed by atoms with van der Waals surface area (Å²) >= 11 is 6.29. The predicted molar refractivity (Wildman–Crippen MR) is 138 cm³/mol. The minimum atomic E-state index is -0.280. The molecule has 0 fully saturated rings. The van der Waals surface area contributed by atoms with Crippen LogP contribution in [0, 0.1) is 0 Å². The monoisotopic (exact) mass is 568 g/mol. The van der Waals surface area contributed by atoms with E-state index >= 15 is 0 Å². The molecule has 0 spiro atoms. The molecule has 9 heteroatoms. The number of hydrogen-bond acceptors (Lipinski definition) is 4. The largest absolute Gasteiger partial charge is 0.497 e. The van der Waals surface area contributed by atoms with Crippen LogP contribution in [-0.4, -0.2) is 32.6 Å². The number of nitrogens with one attached hydrogen (secondary N) is 3. The Morgan fingerprint density at radius 3 is 2.53 bits per heavy atom. The molecule has 0 saturated carbocycles. The molecule has 1 aromatic heterocycles. The van der Waals surface area contributed by atoms with Crippen LogP contribution in [0.1, 0.15) is 21.7 Å². The van der Waals surface area contributed by atoms with Crippen molar-refractivity contribution >= 4 is 53.1 Å². The molecule has 3 rings (SSSR count). The molecule has 0 atom stereocenters. The van der Waals surface area contributed by atoms with Crippen LogP contribution in [0.15, 0.2) is 70.3 Å². The summed E-state index contributed by atoms with van der Waals surface area (Å²) in [5.74, 6) is 1.43. The molecular weight excluding hydrogens is 543 g/mol. The number of rotatable bonds is 8. The molecule has 0 aliphatic rings. The van der Waals surface area contributed by atoms with Gasteiger partial charge in [0.15, 0.2) is 11.7 Å². The maximum absolute atomic E-state index is 12.0. The first-order chi connectivity index (χ1) is 15.1. The topological polar surface area (TPSA) is 87.9 Å². The van der Waals surface area contributed by atoms with E-state index in [1.165, 1.54) is 6.26 Å².